The Hall–Kier alpha value is -2.40. The van der Waals surface area contributed by atoms with Gasteiger partial charge in [-0.15, -0.1) is 0 Å². The third kappa shape index (κ3) is 3.07. The van der Waals surface area contributed by atoms with Crippen molar-refractivity contribution < 1.29 is 9.90 Å². The minimum absolute atomic E-state index is 0.0380. The monoisotopic (exact) mass is 352 g/mol. The molecule has 2 aliphatic heterocycles. The van der Waals surface area contributed by atoms with Gasteiger partial charge in [-0.1, -0.05) is 24.3 Å². The highest BCUT2D eigenvalue weighted by molar-refractivity contribution is 5.73. The van der Waals surface area contributed by atoms with Gasteiger partial charge in [0, 0.05) is 50.8 Å². The second-order valence-electron chi connectivity index (χ2n) is 7.51. The van der Waals surface area contributed by atoms with Crippen molar-refractivity contribution in [3.8, 4) is 11.1 Å². The highest BCUT2D eigenvalue weighted by atomic mass is 16.3. The van der Waals surface area contributed by atoms with Gasteiger partial charge in [-0.2, -0.15) is 0 Å². The normalized spacial score (nSPS) is 21.4. The van der Waals surface area contributed by atoms with Crippen LogP contribution in [0, 0.1) is 5.92 Å². The Bertz CT molecular complexity index is 902. The number of aliphatic hydroxyl groups is 1. The fourth-order valence-corrected chi connectivity index (χ4v) is 4.42. The quantitative estimate of drug-likeness (QED) is 0.919. The SMILES string of the molecule is CC(=O)N1C[C@@H]2C[C@H](C1)c1cc(-c3cccc(CCO)c3)cc(=O)n1C2. The molecule has 0 aliphatic carbocycles. The van der Waals surface area contributed by atoms with E-state index in [1.54, 1.807) is 13.0 Å². The molecule has 136 valence electrons. The van der Waals surface area contributed by atoms with Gasteiger partial charge in [-0.05, 0) is 41.5 Å². The fourth-order valence-electron chi connectivity index (χ4n) is 4.42. The summed E-state index contributed by atoms with van der Waals surface area (Å²) in [5.41, 5.74) is 4.05. The summed E-state index contributed by atoms with van der Waals surface area (Å²) < 4.78 is 1.90. The van der Waals surface area contributed by atoms with Crippen LogP contribution in [0.25, 0.3) is 11.1 Å². The highest BCUT2D eigenvalue weighted by Crippen LogP contribution is 2.36. The van der Waals surface area contributed by atoms with Crippen LogP contribution in [-0.2, 0) is 17.8 Å². The summed E-state index contributed by atoms with van der Waals surface area (Å²) in [6.45, 7) is 3.87. The summed E-state index contributed by atoms with van der Waals surface area (Å²) >= 11 is 0. The molecule has 5 heteroatoms. The van der Waals surface area contributed by atoms with Gasteiger partial charge < -0.3 is 14.6 Å². The molecule has 2 bridgehead atoms. The first kappa shape index (κ1) is 17.0. The first-order valence-electron chi connectivity index (χ1n) is 9.25. The lowest BCUT2D eigenvalue weighted by Crippen LogP contribution is -2.48. The molecule has 26 heavy (non-hydrogen) atoms. The van der Waals surface area contributed by atoms with Gasteiger partial charge in [0.15, 0.2) is 0 Å². The molecule has 0 saturated carbocycles. The second kappa shape index (κ2) is 6.72. The number of pyridine rings is 1. The smallest absolute Gasteiger partial charge is 0.251 e. The molecule has 0 unspecified atom stereocenters. The van der Waals surface area contributed by atoms with E-state index < -0.39 is 0 Å². The molecule has 0 radical (unpaired) electrons. The number of likely N-dealkylation sites (tertiary alicyclic amines) is 1. The van der Waals surface area contributed by atoms with Crippen LogP contribution in [0.1, 0.15) is 30.5 Å². The van der Waals surface area contributed by atoms with Gasteiger partial charge in [0.1, 0.15) is 0 Å². The molecule has 2 aromatic rings. The summed E-state index contributed by atoms with van der Waals surface area (Å²) in [7, 11) is 0. The number of fused-ring (bicyclic) bond motifs is 4. The number of aromatic nitrogens is 1. The summed E-state index contributed by atoms with van der Waals surface area (Å²) in [6.07, 6.45) is 1.65. The van der Waals surface area contributed by atoms with Crippen LogP contribution in [0.2, 0.25) is 0 Å². The maximum absolute atomic E-state index is 12.8. The molecule has 4 rings (SSSR count). The Labute approximate surface area is 152 Å². The van der Waals surface area contributed by atoms with Crippen molar-refractivity contribution in [2.75, 3.05) is 19.7 Å². The van der Waals surface area contributed by atoms with Gasteiger partial charge in [0.25, 0.3) is 5.56 Å². The van der Waals surface area contributed by atoms with Gasteiger partial charge in [0.05, 0.1) is 0 Å². The van der Waals surface area contributed by atoms with Gasteiger partial charge in [-0.3, -0.25) is 9.59 Å². The van der Waals surface area contributed by atoms with Crippen LogP contribution in [0.4, 0.5) is 0 Å². The fraction of sp³-hybridized carbons (Fsp3) is 0.429. The molecule has 2 aliphatic rings. The number of amides is 1. The summed E-state index contributed by atoms with van der Waals surface area (Å²) in [6, 6.07) is 11.8. The molecule has 1 aromatic heterocycles. The third-order valence-corrected chi connectivity index (χ3v) is 5.66. The van der Waals surface area contributed by atoms with E-state index in [4.69, 9.17) is 5.11 Å². The largest absolute Gasteiger partial charge is 0.396 e. The van der Waals surface area contributed by atoms with Crippen LogP contribution in [0.15, 0.2) is 41.2 Å². The van der Waals surface area contributed by atoms with Gasteiger partial charge in [-0.25, -0.2) is 0 Å². The highest BCUT2D eigenvalue weighted by Gasteiger charge is 2.35. The van der Waals surface area contributed by atoms with Crippen LogP contribution in [-0.4, -0.2) is 40.2 Å². The average molecular weight is 352 g/mol. The molecular weight excluding hydrogens is 328 g/mol. The van der Waals surface area contributed by atoms with Crippen molar-refractivity contribution in [1.82, 2.24) is 9.47 Å². The number of hydrogen-bond donors (Lipinski definition) is 1. The maximum Gasteiger partial charge on any atom is 0.251 e. The Morgan fingerprint density at radius 2 is 2.00 bits per heavy atom. The average Bonchev–Trinajstić information content (AvgIpc) is 2.63. The van der Waals surface area contributed by atoms with Gasteiger partial charge >= 0.3 is 0 Å². The van der Waals surface area contributed by atoms with E-state index in [9.17, 15) is 9.59 Å². The molecular formula is C21H24N2O3. The molecule has 1 N–H and O–H groups in total. The zero-order valence-corrected chi connectivity index (χ0v) is 15.0. The Morgan fingerprint density at radius 1 is 1.15 bits per heavy atom. The number of benzene rings is 1. The van der Waals surface area contributed by atoms with Crippen molar-refractivity contribution in [3.05, 3.63) is 58.0 Å². The molecule has 1 amide bonds. The van der Waals surface area contributed by atoms with Crippen molar-refractivity contribution in [3.63, 3.8) is 0 Å². The second-order valence-corrected chi connectivity index (χ2v) is 7.51. The number of nitrogens with zero attached hydrogens (tertiary/aromatic N) is 2. The number of aliphatic hydroxyl groups excluding tert-OH is 1. The van der Waals surface area contributed by atoms with E-state index in [1.165, 1.54) is 0 Å². The molecule has 1 saturated heterocycles. The molecule has 5 nitrogen and oxygen atoms in total. The number of rotatable bonds is 3. The lowest BCUT2D eigenvalue weighted by molar-refractivity contribution is -0.131. The first-order valence-corrected chi connectivity index (χ1v) is 9.25. The predicted molar refractivity (Wildman–Crippen MR) is 100 cm³/mol. The lowest BCUT2D eigenvalue weighted by Gasteiger charge is -2.42. The van der Waals surface area contributed by atoms with E-state index in [1.807, 2.05) is 33.7 Å². The Morgan fingerprint density at radius 3 is 2.77 bits per heavy atom. The van der Waals surface area contributed by atoms with Crippen molar-refractivity contribution in [2.45, 2.75) is 32.2 Å². The Balaban J connectivity index is 1.74. The minimum atomic E-state index is 0.0380. The number of carbonyl (C=O) groups excluding carboxylic acids is 1. The summed E-state index contributed by atoms with van der Waals surface area (Å²) in [5.74, 6) is 0.699. The predicted octanol–water partition coefficient (Wildman–Crippen LogP) is 2.02. The van der Waals surface area contributed by atoms with Crippen LogP contribution in [0.3, 0.4) is 0 Å². The topological polar surface area (TPSA) is 62.5 Å². The maximum atomic E-state index is 12.8. The summed E-state index contributed by atoms with van der Waals surface area (Å²) in [5, 5.41) is 9.17. The van der Waals surface area contributed by atoms with Crippen LogP contribution in [0.5, 0.6) is 0 Å². The molecule has 1 fully saturated rings. The van der Waals surface area contributed by atoms with E-state index in [-0.39, 0.29) is 24.0 Å². The van der Waals surface area contributed by atoms with E-state index in [0.717, 1.165) is 35.3 Å². The lowest BCUT2D eigenvalue weighted by atomic mass is 9.82. The zero-order chi connectivity index (χ0) is 18.3. The van der Waals surface area contributed by atoms with Gasteiger partial charge in [0.2, 0.25) is 5.91 Å². The molecule has 1 aromatic carbocycles. The molecule has 0 spiro atoms. The summed E-state index contributed by atoms with van der Waals surface area (Å²) in [4.78, 5) is 26.5. The molecule has 2 atom stereocenters. The van der Waals surface area contributed by atoms with E-state index in [0.29, 0.717) is 25.4 Å². The molecule has 3 heterocycles. The number of piperidine rings is 1. The first-order chi connectivity index (χ1) is 12.5. The van der Waals surface area contributed by atoms with Crippen molar-refractivity contribution in [1.29, 1.82) is 0 Å². The van der Waals surface area contributed by atoms with Crippen molar-refractivity contribution in [2.24, 2.45) is 5.92 Å². The zero-order valence-electron chi connectivity index (χ0n) is 15.0. The van der Waals surface area contributed by atoms with Crippen LogP contribution >= 0.6 is 0 Å². The van der Waals surface area contributed by atoms with Crippen LogP contribution < -0.4 is 5.56 Å². The van der Waals surface area contributed by atoms with E-state index >= 15 is 0 Å². The van der Waals surface area contributed by atoms with E-state index in [2.05, 4.69) is 6.07 Å². The number of carbonyl (C=O) groups is 1. The third-order valence-electron chi connectivity index (χ3n) is 5.66. The standard InChI is InChI=1S/C21H24N2O3/c1-14(25)22-11-16-8-19(13-22)20-9-18(10-21(26)23(20)12-16)17-4-2-3-15(7-17)5-6-24/h2-4,7,9-10,16,19,24H,5-6,8,11-13H2,1H3/t16-,19+/m0/s1. The van der Waals surface area contributed by atoms with Crippen molar-refractivity contribution >= 4 is 5.91 Å². The number of hydrogen-bond acceptors (Lipinski definition) is 3. The Kier molecular flexibility index (Phi) is 4.41. The minimum Gasteiger partial charge on any atom is -0.396 e.